The van der Waals surface area contributed by atoms with Gasteiger partial charge in [0.25, 0.3) is 0 Å². The first-order valence-electron chi connectivity index (χ1n) is 7.08. The molecule has 0 saturated carbocycles. The van der Waals surface area contributed by atoms with Crippen LogP contribution in [0.5, 0.6) is 0 Å². The number of rotatable bonds is 6. The zero-order chi connectivity index (χ0) is 15.2. The molecule has 0 bridgehead atoms. The highest BCUT2D eigenvalue weighted by Crippen LogP contribution is 2.20. The maximum absolute atomic E-state index is 12.0. The Hall–Kier alpha value is -2.14. The second-order valence-corrected chi connectivity index (χ2v) is 5.20. The minimum atomic E-state index is -0.0795. The lowest BCUT2D eigenvalue weighted by Crippen LogP contribution is -2.15. The second kappa shape index (κ2) is 7.04. The molecule has 112 valence electrons. The van der Waals surface area contributed by atoms with E-state index < -0.39 is 0 Å². The number of para-hydroxylation sites is 1. The molecule has 0 spiro atoms. The van der Waals surface area contributed by atoms with Crippen LogP contribution in [0.4, 0.5) is 5.69 Å². The van der Waals surface area contributed by atoms with Gasteiger partial charge >= 0.3 is 0 Å². The van der Waals surface area contributed by atoms with Crippen molar-refractivity contribution in [2.75, 3.05) is 5.32 Å². The lowest BCUT2D eigenvalue weighted by molar-refractivity contribution is -0.116. The third kappa shape index (κ3) is 4.16. The number of nitrogens with zero attached hydrogens (tertiary/aromatic N) is 2. The van der Waals surface area contributed by atoms with Crippen LogP contribution in [0.2, 0.25) is 0 Å². The average molecular weight is 287 g/mol. The number of amides is 1. The van der Waals surface area contributed by atoms with Crippen molar-refractivity contribution in [2.24, 2.45) is 0 Å². The molecule has 0 aliphatic rings. The highest BCUT2D eigenvalue weighted by molar-refractivity contribution is 5.92. The molecule has 0 unspecified atom stereocenters. The average Bonchev–Trinajstić information content (AvgIpc) is 2.86. The first-order valence-corrected chi connectivity index (χ1v) is 7.08. The van der Waals surface area contributed by atoms with Crippen LogP contribution in [0.25, 0.3) is 0 Å². The Bertz CT molecular complexity index is 620. The van der Waals surface area contributed by atoms with Crippen LogP contribution in [0.15, 0.2) is 30.6 Å². The van der Waals surface area contributed by atoms with Gasteiger partial charge in [0.2, 0.25) is 5.91 Å². The molecule has 21 heavy (non-hydrogen) atoms. The Kier molecular flexibility index (Phi) is 5.11. The molecule has 0 atom stereocenters. The first-order chi connectivity index (χ1) is 10.1. The summed E-state index contributed by atoms with van der Waals surface area (Å²) in [5, 5.41) is 16.4. The molecule has 1 amide bonds. The van der Waals surface area contributed by atoms with E-state index in [1.54, 1.807) is 6.20 Å². The normalized spacial score (nSPS) is 10.6. The molecule has 0 aliphatic heterocycles. The predicted molar refractivity (Wildman–Crippen MR) is 81.9 cm³/mol. The summed E-state index contributed by atoms with van der Waals surface area (Å²) in [5.74, 6) is -0.0390. The summed E-state index contributed by atoms with van der Waals surface area (Å²) in [6, 6.07) is 5.60. The number of aromatic nitrogens is 2. The first kappa shape index (κ1) is 15.3. The number of carbonyl (C=O) groups excluding carboxylic acids is 1. The van der Waals surface area contributed by atoms with Crippen molar-refractivity contribution >= 4 is 11.6 Å². The van der Waals surface area contributed by atoms with Crippen molar-refractivity contribution in [3.63, 3.8) is 0 Å². The molecule has 0 fully saturated rings. The maximum Gasteiger partial charge on any atom is 0.224 e. The Morgan fingerprint density at radius 1 is 1.38 bits per heavy atom. The summed E-state index contributed by atoms with van der Waals surface area (Å²) >= 11 is 0. The fourth-order valence-electron chi connectivity index (χ4n) is 2.23. The third-order valence-electron chi connectivity index (χ3n) is 3.35. The summed E-state index contributed by atoms with van der Waals surface area (Å²) in [6.45, 7) is 4.55. The quantitative estimate of drug-likeness (QED) is 0.857. The minimum Gasteiger partial charge on any atom is -0.392 e. The number of aliphatic hydroxyl groups excluding tert-OH is 1. The Labute approximate surface area is 124 Å². The molecule has 1 heterocycles. The van der Waals surface area contributed by atoms with Crippen LogP contribution in [0, 0.1) is 13.8 Å². The van der Waals surface area contributed by atoms with Crippen molar-refractivity contribution in [1.29, 1.82) is 0 Å². The molecule has 5 nitrogen and oxygen atoms in total. The van der Waals surface area contributed by atoms with Gasteiger partial charge in [-0.05, 0) is 31.4 Å². The van der Waals surface area contributed by atoms with Crippen molar-refractivity contribution in [2.45, 2.75) is 39.8 Å². The van der Waals surface area contributed by atoms with Crippen molar-refractivity contribution in [3.8, 4) is 0 Å². The summed E-state index contributed by atoms with van der Waals surface area (Å²) < 4.78 is 1.84. The van der Waals surface area contributed by atoms with Gasteiger partial charge in [-0.1, -0.05) is 18.2 Å². The molecule has 1 aromatic carbocycles. The number of anilines is 1. The summed E-state index contributed by atoms with van der Waals surface area (Å²) in [5.41, 5.74) is 3.54. The molecule has 1 aromatic heterocycles. The number of carbonyl (C=O) groups is 1. The van der Waals surface area contributed by atoms with Gasteiger partial charge in [-0.25, -0.2) is 0 Å². The number of benzene rings is 1. The number of aryl methyl sites for hydroxylation is 3. The van der Waals surface area contributed by atoms with E-state index in [-0.39, 0.29) is 12.5 Å². The standard InChI is InChI=1S/C16H21N3O2/c1-12-9-17-19(10-12)8-4-7-15(21)18-16-13(2)5-3-6-14(16)11-20/h3,5-6,9-10,20H,4,7-8,11H2,1-2H3,(H,18,21). The lowest BCUT2D eigenvalue weighted by Gasteiger charge is -2.12. The van der Waals surface area contributed by atoms with E-state index in [4.69, 9.17) is 0 Å². The molecule has 0 radical (unpaired) electrons. The van der Waals surface area contributed by atoms with Crippen LogP contribution in [0.1, 0.15) is 29.5 Å². The highest BCUT2D eigenvalue weighted by atomic mass is 16.3. The molecule has 2 N–H and O–H groups in total. The summed E-state index contributed by atoms with van der Waals surface area (Å²) in [4.78, 5) is 12.0. The van der Waals surface area contributed by atoms with Gasteiger partial charge in [0, 0.05) is 30.4 Å². The molecule has 2 rings (SSSR count). The molecule has 0 saturated heterocycles. The smallest absolute Gasteiger partial charge is 0.224 e. The van der Waals surface area contributed by atoms with Crippen molar-refractivity contribution in [3.05, 3.63) is 47.3 Å². The Morgan fingerprint density at radius 3 is 2.86 bits per heavy atom. The summed E-state index contributed by atoms with van der Waals surface area (Å²) in [7, 11) is 0. The highest BCUT2D eigenvalue weighted by Gasteiger charge is 2.09. The topological polar surface area (TPSA) is 67.2 Å². The van der Waals surface area contributed by atoms with Gasteiger partial charge in [0.1, 0.15) is 0 Å². The van der Waals surface area contributed by atoms with E-state index >= 15 is 0 Å². The maximum atomic E-state index is 12.0. The van der Waals surface area contributed by atoms with Crippen LogP contribution in [-0.4, -0.2) is 20.8 Å². The van der Waals surface area contributed by atoms with Gasteiger partial charge in [-0.3, -0.25) is 9.48 Å². The van der Waals surface area contributed by atoms with E-state index in [2.05, 4.69) is 10.4 Å². The van der Waals surface area contributed by atoms with E-state index in [1.165, 1.54) is 0 Å². The van der Waals surface area contributed by atoms with Gasteiger partial charge in [-0.15, -0.1) is 0 Å². The molecule has 5 heteroatoms. The van der Waals surface area contributed by atoms with Crippen LogP contribution < -0.4 is 5.32 Å². The van der Waals surface area contributed by atoms with Gasteiger partial charge < -0.3 is 10.4 Å². The van der Waals surface area contributed by atoms with Gasteiger partial charge in [-0.2, -0.15) is 5.10 Å². The fraction of sp³-hybridized carbons (Fsp3) is 0.375. The zero-order valence-corrected chi connectivity index (χ0v) is 12.5. The number of nitrogens with one attached hydrogen (secondary N) is 1. The zero-order valence-electron chi connectivity index (χ0n) is 12.5. The van der Waals surface area contributed by atoms with Gasteiger partial charge in [0.15, 0.2) is 0 Å². The number of aliphatic hydroxyl groups is 1. The third-order valence-corrected chi connectivity index (χ3v) is 3.35. The van der Waals surface area contributed by atoms with E-state index in [0.29, 0.717) is 6.42 Å². The van der Waals surface area contributed by atoms with Crippen molar-refractivity contribution in [1.82, 2.24) is 9.78 Å². The van der Waals surface area contributed by atoms with E-state index in [0.717, 1.165) is 35.3 Å². The molecule has 2 aromatic rings. The predicted octanol–water partition coefficient (Wildman–Crippen LogP) is 2.41. The van der Waals surface area contributed by atoms with Crippen LogP contribution >= 0.6 is 0 Å². The van der Waals surface area contributed by atoms with E-state index in [9.17, 15) is 9.90 Å². The minimum absolute atomic E-state index is 0.0390. The van der Waals surface area contributed by atoms with Crippen LogP contribution in [-0.2, 0) is 17.9 Å². The Balaban J connectivity index is 1.87. The van der Waals surface area contributed by atoms with Gasteiger partial charge in [0.05, 0.1) is 12.8 Å². The SMILES string of the molecule is Cc1cnn(CCCC(=O)Nc2c(C)cccc2CO)c1. The second-order valence-electron chi connectivity index (χ2n) is 5.20. The number of hydrogen-bond donors (Lipinski definition) is 2. The van der Waals surface area contributed by atoms with Crippen LogP contribution in [0.3, 0.4) is 0 Å². The summed E-state index contributed by atoms with van der Waals surface area (Å²) in [6.07, 6.45) is 4.93. The fourth-order valence-corrected chi connectivity index (χ4v) is 2.23. The van der Waals surface area contributed by atoms with Crippen molar-refractivity contribution < 1.29 is 9.90 Å². The Morgan fingerprint density at radius 2 is 2.19 bits per heavy atom. The monoisotopic (exact) mass is 287 g/mol. The molecular weight excluding hydrogens is 266 g/mol. The van der Waals surface area contributed by atoms with E-state index in [1.807, 2.05) is 42.9 Å². The lowest BCUT2D eigenvalue weighted by atomic mass is 10.1. The molecular formula is C16H21N3O2. The number of hydrogen-bond acceptors (Lipinski definition) is 3. The molecule has 0 aliphatic carbocycles. The largest absolute Gasteiger partial charge is 0.392 e.